The summed E-state index contributed by atoms with van der Waals surface area (Å²) in [5.41, 5.74) is 0. The van der Waals surface area contributed by atoms with Gasteiger partial charge in [-0.15, -0.1) is 6.42 Å². The number of hydrogen-bond donors (Lipinski definition) is 0. The molecule has 0 spiro atoms. The smallest absolute Gasteiger partial charge is 0.153 e. The first-order chi connectivity index (χ1) is 12.9. The Labute approximate surface area is 154 Å². The maximum absolute atomic E-state index is 8.12. The zero-order valence-electron chi connectivity index (χ0n) is 13.0. The molecule has 0 saturated heterocycles. The Balaban J connectivity index is 4.43. The summed E-state index contributed by atoms with van der Waals surface area (Å²) in [6, 6.07) is 1.62. The Morgan fingerprint density at radius 2 is 0.500 bits per heavy atom. The third-order valence-electron chi connectivity index (χ3n) is 1.44. The van der Waals surface area contributed by atoms with E-state index < -0.39 is 0 Å². The van der Waals surface area contributed by atoms with Gasteiger partial charge in [0.25, 0.3) is 0 Å². The highest BCUT2D eigenvalue weighted by atomic mass is 14.2. The Morgan fingerprint density at radius 3 is 0.692 bits per heavy atom. The highest BCUT2D eigenvalue weighted by molar-refractivity contribution is 5.47. The van der Waals surface area contributed by atoms with Crippen LogP contribution in [0.4, 0.5) is 0 Å². The van der Waals surface area contributed by atoms with E-state index in [1.54, 1.807) is 6.07 Å². The lowest BCUT2D eigenvalue weighted by Crippen LogP contribution is -1.56. The lowest BCUT2D eigenvalue weighted by molar-refractivity contribution is 1.55. The number of nitriles is 1. The van der Waals surface area contributed by atoms with Crippen molar-refractivity contribution in [2.24, 2.45) is 0 Å². The van der Waals surface area contributed by atoms with Crippen LogP contribution in [0.3, 0.4) is 0 Å². The minimum atomic E-state index is 1.62. The molecule has 0 aromatic heterocycles. The predicted octanol–water partition coefficient (Wildman–Crippen LogP) is 0.181. The standard InChI is InChI=1S/C25HN/c1-2-3-4-5-6-7-8-9-10-11-12-13-14-15-16-17-18-19-20-21-22-23-24-25-26/h1H. The van der Waals surface area contributed by atoms with Gasteiger partial charge in [-0.25, -0.2) is 0 Å². The Morgan fingerprint density at radius 1 is 0.308 bits per heavy atom. The molecule has 106 valence electrons. The first kappa shape index (κ1) is 20.2. The summed E-state index contributed by atoms with van der Waals surface area (Å²) in [4.78, 5) is 0. The van der Waals surface area contributed by atoms with Crippen LogP contribution in [-0.4, -0.2) is 0 Å². The van der Waals surface area contributed by atoms with Crippen LogP contribution in [0.2, 0.25) is 0 Å². The Hall–Kier alpha value is -5.79. The molecule has 0 aromatic carbocycles. The fraction of sp³-hybridized carbons (Fsp3) is 0. The van der Waals surface area contributed by atoms with Crippen molar-refractivity contribution >= 4 is 0 Å². The SMILES string of the molecule is C#CC#CC#CC#CC#CC#CC#CC#CC#CC#CC#CC#CC#N. The fourth-order valence-corrected chi connectivity index (χ4v) is 0.689. The third kappa shape index (κ3) is 18.2. The summed E-state index contributed by atoms with van der Waals surface area (Å²) in [7, 11) is 0. The van der Waals surface area contributed by atoms with Gasteiger partial charge in [0.05, 0.1) is 0 Å². The van der Waals surface area contributed by atoms with Crippen LogP contribution in [0.25, 0.3) is 0 Å². The van der Waals surface area contributed by atoms with E-state index in [4.69, 9.17) is 11.7 Å². The van der Waals surface area contributed by atoms with Gasteiger partial charge in [-0.1, -0.05) is 0 Å². The van der Waals surface area contributed by atoms with Gasteiger partial charge >= 0.3 is 0 Å². The van der Waals surface area contributed by atoms with E-state index in [1.807, 2.05) is 0 Å². The highest BCUT2D eigenvalue weighted by Gasteiger charge is 1.59. The molecule has 0 aliphatic rings. The van der Waals surface area contributed by atoms with Crippen LogP contribution in [0.15, 0.2) is 0 Å². The first-order valence-corrected chi connectivity index (χ1v) is 6.26. The van der Waals surface area contributed by atoms with Crippen molar-refractivity contribution in [1.29, 1.82) is 5.26 Å². The third-order valence-corrected chi connectivity index (χ3v) is 1.44. The minimum absolute atomic E-state index is 1.62. The van der Waals surface area contributed by atoms with Gasteiger partial charge in [0, 0.05) is 88.8 Å². The van der Waals surface area contributed by atoms with Crippen molar-refractivity contribution in [3.8, 4) is 149 Å². The summed E-state index contributed by atoms with van der Waals surface area (Å²) in [6.45, 7) is 0. The minimum Gasteiger partial charge on any atom is -0.183 e. The van der Waals surface area contributed by atoms with Crippen molar-refractivity contribution in [2.75, 3.05) is 0 Å². The molecule has 1 nitrogen and oxygen atoms in total. The van der Waals surface area contributed by atoms with Crippen molar-refractivity contribution in [2.45, 2.75) is 0 Å². The van der Waals surface area contributed by atoms with Gasteiger partial charge in [-0.05, 0) is 47.4 Å². The fourth-order valence-electron chi connectivity index (χ4n) is 0.689. The molecule has 0 bridgehead atoms. The van der Waals surface area contributed by atoms with Crippen molar-refractivity contribution in [3.63, 3.8) is 0 Å². The molecule has 0 fully saturated rings. The van der Waals surface area contributed by atoms with E-state index in [-0.39, 0.29) is 0 Å². The lowest BCUT2D eigenvalue weighted by atomic mass is 10.4. The van der Waals surface area contributed by atoms with Gasteiger partial charge in [0.2, 0.25) is 0 Å². The van der Waals surface area contributed by atoms with Crippen LogP contribution < -0.4 is 0 Å². The van der Waals surface area contributed by atoms with Gasteiger partial charge < -0.3 is 0 Å². The normalized spacial score (nSPS) is 3.77. The second kappa shape index (κ2) is 19.2. The first-order valence-electron chi connectivity index (χ1n) is 6.26. The molecule has 0 aliphatic carbocycles. The van der Waals surface area contributed by atoms with Gasteiger partial charge in [-0.2, -0.15) is 5.26 Å². The molecular weight excluding hydrogens is 314 g/mol. The summed E-state index contributed by atoms with van der Waals surface area (Å²) < 4.78 is 0. The average Bonchev–Trinajstić information content (AvgIpc) is 2.66. The second-order valence-electron chi connectivity index (χ2n) is 3.01. The topological polar surface area (TPSA) is 23.8 Å². The second-order valence-corrected chi connectivity index (χ2v) is 3.01. The molecule has 0 amide bonds. The molecule has 0 heterocycles. The van der Waals surface area contributed by atoms with E-state index in [0.717, 1.165) is 0 Å². The van der Waals surface area contributed by atoms with Crippen LogP contribution in [0, 0.1) is 154 Å². The van der Waals surface area contributed by atoms with Gasteiger partial charge in [0.1, 0.15) is 0 Å². The van der Waals surface area contributed by atoms with Crippen LogP contribution in [0.5, 0.6) is 0 Å². The molecule has 1 heteroatoms. The van der Waals surface area contributed by atoms with Crippen molar-refractivity contribution in [3.05, 3.63) is 0 Å². The van der Waals surface area contributed by atoms with E-state index in [0.29, 0.717) is 0 Å². The monoisotopic (exact) mass is 315 g/mol. The molecular formula is C25HN. The van der Waals surface area contributed by atoms with Gasteiger partial charge in [-0.3, -0.25) is 0 Å². The molecule has 0 saturated carbocycles. The molecule has 0 N–H and O–H groups in total. The lowest BCUT2D eigenvalue weighted by Gasteiger charge is -1.57. The maximum Gasteiger partial charge on any atom is 0.153 e. The quantitative estimate of drug-likeness (QED) is 0.585. The predicted molar refractivity (Wildman–Crippen MR) is 100.0 cm³/mol. The van der Waals surface area contributed by atoms with Gasteiger partial charge in [0.15, 0.2) is 6.07 Å². The molecule has 0 aliphatic heterocycles. The van der Waals surface area contributed by atoms with E-state index in [1.165, 1.54) is 0 Å². The summed E-state index contributed by atoms with van der Waals surface area (Å²) >= 11 is 0. The van der Waals surface area contributed by atoms with Crippen LogP contribution in [0.1, 0.15) is 0 Å². The summed E-state index contributed by atoms with van der Waals surface area (Å²) in [6.07, 6.45) is 4.91. The average molecular weight is 315 g/mol. The number of nitrogens with zero attached hydrogens (tertiary/aromatic N) is 1. The van der Waals surface area contributed by atoms with E-state index in [9.17, 15) is 0 Å². The number of terminal acetylenes is 1. The number of rotatable bonds is 0. The largest absolute Gasteiger partial charge is 0.183 e. The Bertz CT molecular complexity index is 1230. The van der Waals surface area contributed by atoms with Crippen LogP contribution in [-0.2, 0) is 0 Å². The molecule has 26 heavy (non-hydrogen) atoms. The van der Waals surface area contributed by atoms with Crippen molar-refractivity contribution < 1.29 is 0 Å². The maximum atomic E-state index is 8.12. The molecule has 0 radical (unpaired) electrons. The van der Waals surface area contributed by atoms with Crippen molar-refractivity contribution in [1.82, 2.24) is 0 Å². The van der Waals surface area contributed by atoms with E-state index in [2.05, 4.69) is 136 Å². The molecule has 0 rings (SSSR count). The summed E-state index contributed by atoms with van der Waals surface area (Å²) in [5.74, 6) is 55.3. The van der Waals surface area contributed by atoms with Crippen LogP contribution >= 0.6 is 0 Å². The highest BCUT2D eigenvalue weighted by Crippen LogP contribution is 1.59. The zero-order valence-corrected chi connectivity index (χ0v) is 13.0. The number of hydrogen-bond acceptors (Lipinski definition) is 1. The molecule has 0 unspecified atom stereocenters. The molecule has 0 atom stereocenters. The Kier molecular flexibility index (Phi) is 14.9. The molecule has 0 aromatic rings. The summed E-state index contributed by atoms with van der Waals surface area (Å²) in [5, 5.41) is 8.12. The van der Waals surface area contributed by atoms with E-state index >= 15 is 0 Å². The zero-order chi connectivity index (χ0) is 19.0.